The Labute approximate surface area is 165 Å². The van der Waals surface area contributed by atoms with E-state index in [2.05, 4.69) is 35.0 Å². The minimum atomic E-state index is -0.0276. The molecule has 27 heavy (non-hydrogen) atoms. The monoisotopic (exact) mass is 379 g/mol. The van der Waals surface area contributed by atoms with Crippen molar-refractivity contribution in [1.29, 1.82) is 5.26 Å². The topological polar surface area (TPSA) is 56.1 Å². The molecule has 0 bridgehead atoms. The zero-order valence-electron chi connectivity index (χ0n) is 15.5. The van der Waals surface area contributed by atoms with Gasteiger partial charge in [-0.05, 0) is 36.8 Å². The fraction of sp³-hybridized carbons (Fsp3) is 0.364. The highest BCUT2D eigenvalue weighted by molar-refractivity contribution is 7.16. The van der Waals surface area contributed by atoms with Crippen LogP contribution in [0.2, 0.25) is 0 Å². The van der Waals surface area contributed by atoms with E-state index in [1.54, 1.807) is 11.3 Å². The van der Waals surface area contributed by atoms with Crippen LogP contribution in [0.15, 0.2) is 43.0 Å². The molecule has 4 nitrogen and oxygen atoms in total. The van der Waals surface area contributed by atoms with Crippen molar-refractivity contribution in [3.8, 4) is 6.07 Å². The van der Waals surface area contributed by atoms with Gasteiger partial charge in [0.05, 0.1) is 5.56 Å². The molecule has 0 unspecified atom stereocenters. The maximum absolute atomic E-state index is 12.4. The Morgan fingerprint density at radius 2 is 2.11 bits per heavy atom. The molecule has 3 rings (SSSR count). The summed E-state index contributed by atoms with van der Waals surface area (Å²) in [5.74, 6) is -0.0276. The molecule has 1 aromatic carbocycles. The lowest BCUT2D eigenvalue weighted by Crippen LogP contribution is -2.30. The Morgan fingerprint density at radius 1 is 1.30 bits per heavy atom. The SMILES string of the molecule is C=CCN(CCC(=O)Nc1sc2c(c1C#N)CCC2)CCc1ccccc1. The van der Waals surface area contributed by atoms with Gasteiger partial charge < -0.3 is 5.32 Å². The molecule has 0 atom stereocenters. The number of benzene rings is 1. The molecular formula is C22H25N3OS. The molecule has 1 aromatic heterocycles. The highest BCUT2D eigenvalue weighted by atomic mass is 32.1. The highest BCUT2D eigenvalue weighted by Crippen LogP contribution is 2.38. The number of amides is 1. The fourth-order valence-electron chi connectivity index (χ4n) is 3.47. The van der Waals surface area contributed by atoms with Gasteiger partial charge in [0.25, 0.3) is 0 Å². The van der Waals surface area contributed by atoms with Crippen LogP contribution in [0.25, 0.3) is 0 Å². The van der Waals surface area contributed by atoms with Crippen molar-refractivity contribution in [2.45, 2.75) is 32.1 Å². The molecule has 0 saturated carbocycles. The molecular weight excluding hydrogens is 354 g/mol. The largest absolute Gasteiger partial charge is 0.317 e. The summed E-state index contributed by atoms with van der Waals surface area (Å²) < 4.78 is 0. The summed E-state index contributed by atoms with van der Waals surface area (Å²) in [7, 11) is 0. The summed E-state index contributed by atoms with van der Waals surface area (Å²) >= 11 is 1.57. The molecule has 0 saturated heterocycles. The first-order chi connectivity index (χ1) is 13.2. The van der Waals surface area contributed by atoms with Crippen LogP contribution in [0.5, 0.6) is 0 Å². The average molecular weight is 380 g/mol. The predicted molar refractivity (Wildman–Crippen MR) is 111 cm³/mol. The van der Waals surface area contributed by atoms with Crippen molar-refractivity contribution in [1.82, 2.24) is 4.90 Å². The first kappa shape index (κ1) is 19.3. The number of carbonyl (C=O) groups excluding carboxylic acids is 1. The second-order valence-electron chi connectivity index (χ2n) is 6.80. The van der Waals surface area contributed by atoms with E-state index in [-0.39, 0.29) is 5.91 Å². The Morgan fingerprint density at radius 3 is 2.85 bits per heavy atom. The van der Waals surface area contributed by atoms with Crippen LogP contribution in [0.1, 0.15) is 34.4 Å². The Bertz CT molecular complexity index is 835. The van der Waals surface area contributed by atoms with Gasteiger partial charge in [-0.2, -0.15) is 5.26 Å². The van der Waals surface area contributed by atoms with Crippen LogP contribution in [0, 0.1) is 11.3 Å². The molecule has 0 radical (unpaired) electrons. The number of aryl methyl sites for hydroxylation is 1. The first-order valence-electron chi connectivity index (χ1n) is 9.43. The summed E-state index contributed by atoms with van der Waals surface area (Å²) in [5, 5.41) is 13.1. The van der Waals surface area contributed by atoms with E-state index >= 15 is 0 Å². The summed E-state index contributed by atoms with van der Waals surface area (Å²) in [6, 6.07) is 12.6. The summed E-state index contributed by atoms with van der Waals surface area (Å²) in [5.41, 5.74) is 3.12. The minimum Gasteiger partial charge on any atom is -0.317 e. The number of nitrogens with zero attached hydrogens (tertiary/aromatic N) is 2. The van der Waals surface area contributed by atoms with Crippen molar-refractivity contribution in [3.63, 3.8) is 0 Å². The number of rotatable bonds is 9. The van der Waals surface area contributed by atoms with E-state index in [4.69, 9.17) is 0 Å². The smallest absolute Gasteiger partial charge is 0.226 e. The highest BCUT2D eigenvalue weighted by Gasteiger charge is 2.23. The maximum Gasteiger partial charge on any atom is 0.226 e. The molecule has 140 valence electrons. The van der Waals surface area contributed by atoms with E-state index in [1.165, 1.54) is 10.4 Å². The van der Waals surface area contributed by atoms with Gasteiger partial charge in [0.2, 0.25) is 5.91 Å². The lowest BCUT2D eigenvalue weighted by Gasteiger charge is -2.20. The van der Waals surface area contributed by atoms with Crippen LogP contribution in [0.4, 0.5) is 5.00 Å². The molecule has 5 heteroatoms. The van der Waals surface area contributed by atoms with Crippen LogP contribution < -0.4 is 5.32 Å². The van der Waals surface area contributed by atoms with Crippen LogP contribution in [-0.2, 0) is 24.1 Å². The summed E-state index contributed by atoms with van der Waals surface area (Å²) in [6.07, 6.45) is 6.33. The molecule has 1 aliphatic carbocycles. The van der Waals surface area contributed by atoms with Crippen molar-refractivity contribution < 1.29 is 4.79 Å². The number of nitriles is 1. The maximum atomic E-state index is 12.4. The molecule has 1 N–H and O–H groups in total. The van der Waals surface area contributed by atoms with Gasteiger partial charge in [0.15, 0.2) is 0 Å². The van der Waals surface area contributed by atoms with Crippen molar-refractivity contribution in [3.05, 3.63) is 64.6 Å². The van der Waals surface area contributed by atoms with Gasteiger partial charge in [-0.15, -0.1) is 17.9 Å². The quantitative estimate of drug-likeness (QED) is 0.665. The number of anilines is 1. The lowest BCUT2D eigenvalue weighted by atomic mass is 10.1. The van der Waals surface area contributed by atoms with Gasteiger partial charge in [0.1, 0.15) is 11.1 Å². The Hall–Kier alpha value is -2.42. The van der Waals surface area contributed by atoms with Crippen LogP contribution >= 0.6 is 11.3 Å². The van der Waals surface area contributed by atoms with E-state index in [0.717, 1.165) is 49.3 Å². The fourth-order valence-corrected chi connectivity index (χ4v) is 4.72. The average Bonchev–Trinajstić information content (AvgIpc) is 3.25. The van der Waals surface area contributed by atoms with Gasteiger partial charge >= 0.3 is 0 Å². The molecule has 0 fully saturated rings. The number of hydrogen-bond acceptors (Lipinski definition) is 4. The van der Waals surface area contributed by atoms with Crippen LogP contribution in [-0.4, -0.2) is 30.4 Å². The van der Waals surface area contributed by atoms with E-state index in [0.29, 0.717) is 18.5 Å². The Balaban J connectivity index is 1.52. The molecule has 1 heterocycles. The minimum absolute atomic E-state index is 0.0276. The lowest BCUT2D eigenvalue weighted by molar-refractivity contribution is -0.116. The number of nitrogens with one attached hydrogen (secondary N) is 1. The van der Waals surface area contributed by atoms with Crippen LogP contribution in [0.3, 0.4) is 0 Å². The third-order valence-corrected chi connectivity index (χ3v) is 6.10. The predicted octanol–water partition coefficient (Wildman–Crippen LogP) is 4.17. The molecule has 1 aliphatic rings. The zero-order valence-corrected chi connectivity index (χ0v) is 16.4. The molecule has 1 amide bonds. The van der Waals surface area contributed by atoms with Gasteiger partial charge in [-0.3, -0.25) is 9.69 Å². The van der Waals surface area contributed by atoms with Crippen molar-refractivity contribution in [2.75, 3.05) is 25.0 Å². The Kier molecular flexibility index (Phi) is 6.80. The van der Waals surface area contributed by atoms with Gasteiger partial charge in [-0.1, -0.05) is 36.4 Å². The number of thiophene rings is 1. The number of fused-ring (bicyclic) bond motifs is 1. The van der Waals surface area contributed by atoms with Crippen molar-refractivity contribution in [2.24, 2.45) is 0 Å². The summed E-state index contributed by atoms with van der Waals surface area (Å²) in [6.45, 7) is 6.15. The van der Waals surface area contributed by atoms with E-state index < -0.39 is 0 Å². The number of carbonyl (C=O) groups is 1. The first-order valence-corrected chi connectivity index (χ1v) is 10.2. The standard InChI is InChI=1S/C22H25N3OS/c1-2-13-25(14-11-17-7-4-3-5-8-17)15-12-21(26)24-22-19(16-23)18-9-6-10-20(18)27-22/h2-5,7-8H,1,6,9-15H2,(H,24,26). The summed E-state index contributed by atoms with van der Waals surface area (Å²) in [4.78, 5) is 15.9. The second-order valence-corrected chi connectivity index (χ2v) is 7.90. The third kappa shape index (κ3) is 5.06. The second kappa shape index (κ2) is 9.50. The molecule has 2 aromatic rings. The zero-order chi connectivity index (χ0) is 19.1. The normalized spacial score (nSPS) is 12.6. The molecule has 0 aliphatic heterocycles. The third-order valence-electron chi connectivity index (χ3n) is 4.89. The van der Waals surface area contributed by atoms with E-state index in [1.807, 2.05) is 24.3 Å². The van der Waals surface area contributed by atoms with E-state index in [9.17, 15) is 10.1 Å². The van der Waals surface area contributed by atoms with Gasteiger partial charge in [-0.25, -0.2) is 0 Å². The molecule has 0 spiro atoms. The van der Waals surface area contributed by atoms with Crippen molar-refractivity contribution >= 4 is 22.2 Å². The number of hydrogen-bond donors (Lipinski definition) is 1. The van der Waals surface area contributed by atoms with Gasteiger partial charge in [0, 0.05) is 30.9 Å².